The topological polar surface area (TPSA) is 28.2 Å². The normalized spacial score (nSPS) is 11.2. The van der Waals surface area contributed by atoms with Gasteiger partial charge >= 0.3 is 0 Å². The lowest BCUT2D eigenvalue weighted by Gasteiger charge is -2.18. The molecule has 102 valence electrons. The Kier molecular flexibility index (Phi) is 4.74. The quantitative estimate of drug-likeness (QED) is 0.860. The first-order chi connectivity index (χ1) is 9.24. The molecule has 0 spiro atoms. The number of aryl methyl sites for hydroxylation is 1. The molecule has 1 aromatic carbocycles. The Morgan fingerprint density at radius 3 is 2.68 bits per heavy atom. The third-order valence-corrected chi connectivity index (χ3v) is 3.54. The van der Waals surface area contributed by atoms with Crippen LogP contribution in [0.2, 0.25) is 0 Å². The highest BCUT2D eigenvalue weighted by molar-refractivity contribution is 5.91. The average molecular weight is 257 g/mol. The number of rotatable bonds is 6. The van der Waals surface area contributed by atoms with Gasteiger partial charge in [0.2, 0.25) is 0 Å². The Labute approximate surface area is 115 Å². The van der Waals surface area contributed by atoms with E-state index in [1.807, 2.05) is 6.20 Å². The standard InChI is InChI=1S/C16H23N3/c1-4-19(5-2)11-10-18-15-8-9-17-16-12-13(3)6-7-14(15)16/h6-9,12H,4-5,10-11H2,1-3H3,(H,17,18). The molecule has 19 heavy (non-hydrogen) atoms. The van der Waals surface area contributed by atoms with E-state index in [2.05, 4.69) is 60.2 Å². The van der Waals surface area contributed by atoms with Crippen LogP contribution in [0.5, 0.6) is 0 Å². The molecule has 2 rings (SSSR count). The summed E-state index contributed by atoms with van der Waals surface area (Å²) in [6.07, 6.45) is 1.88. The van der Waals surface area contributed by atoms with Gasteiger partial charge < -0.3 is 10.2 Å². The molecule has 1 heterocycles. The summed E-state index contributed by atoms with van der Waals surface area (Å²) in [7, 11) is 0. The minimum absolute atomic E-state index is 0.967. The Balaban J connectivity index is 2.08. The number of hydrogen-bond donors (Lipinski definition) is 1. The van der Waals surface area contributed by atoms with Crippen LogP contribution < -0.4 is 5.32 Å². The molecule has 0 aliphatic carbocycles. The number of pyridine rings is 1. The number of likely N-dealkylation sites (N-methyl/N-ethyl adjacent to an activating group) is 1. The number of fused-ring (bicyclic) bond motifs is 1. The van der Waals surface area contributed by atoms with Gasteiger partial charge in [-0.05, 0) is 37.7 Å². The summed E-state index contributed by atoms with van der Waals surface area (Å²) in [6.45, 7) is 10.8. The molecule has 0 amide bonds. The van der Waals surface area contributed by atoms with Crippen LogP contribution in [0.3, 0.4) is 0 Å². The maximum atomic E-state index is 4.43. The van der Waals surface area contributed by atoms with Crippen molar-refractivity contribution in [3.63, 3.8) is 0 Å². The second-order valence-electron chi connectivity index (χ2n) is 4.83. The summed E-state index contributed by atoms with van der Waals surface area (Å²) >= 11 is 0. The smallest absolute Gasteiger partial charge is 0.0725 e. The third kappa shape index (κ3) is 3.44. The second-order valence-corrected chi connectivity index (χ2v) is 4.83. The molecule has 0 saturated carbocycles. The van der Waals surface area contributed by atoms with Crippen molar-refractivity contribution in [1.29, 1.82) is 0 Å². The van der Waals surface area contributed by atoms with Crippen molar-refractivity contribution < 1.29 is 0 Å². The second kappa shape index (κ2) is 6.53. The highest BCUT2D eigenvalue weighted by atomic mass is 15.1. The first-order valence-corrected chi connectivity index (χ1v) is 7.06. The number of hydrogen-bond acceptors (Lipinski definition) is 3. The van der Waals surface area contributed by atoms with Gasteiger partial charge in [-0.25, -0.2) is 0 Å². The van der Waals surface area contributed by atoms with Crippen molar-refractivity contribution in [1.82, 2.24) is 9.88 Å². The summed E-state index contributed by atoms with van der Waals surface area (Å²) < 4.78 is 0. The molecule has 1 aromatic heterocycles. The Morgan fingerprint density at radius 1 is 1.16 bits per heavy atom. The van der Waals surface area contributed by atoms with E-state index >= 15 is 0 Å². The predicted octanol–water partition coefficient (Wildman–Crippen LogP) is 3.30. The maximum Gasteiger partial charge on any atom is 0.0725 e. The number of nitrogens with one attached hydrogen (secondary N) is 1. The predicted molar refractivity (Wildman–Crippen MR) is 82.8 cm³/mol. The monoisotopic (exact) mass is 257 g/mol. The Hall–Kier alpha value is -1.61. The maximum absolute atomic E-state index is 4.43. The number of benzene rings is 1. The van der Waals surface area contributed by atoms with Crippen molar-refractivity contribution >= 4 is 16.6 Å². The van der Waals surface area contributed by atoms with E-state index in [0.29, 0.717) is 0 Å². The van der Waals surface area contributed by atoms with E-state index in [1.54, 1.807) is 0 Å². The molecule has 0 atom stereocenters. The zero-order valence-electron chi connectivity index (χ0n) is 12.1. The third-order valence-electron chi connectivity index (χ3n) is 3.54. The van der Waals surface area contributed by atoms with E-state index < -0.39 is 0 Å². The Bertz CT molecular complexity index is 533. The summed E-state index contributed by atoms with van der Waals surface area (Å²) in [4.78, 5) is 6.85. The highest BCUT2D eigenvalue weighted by Crippen LogP contribution is 2.22. The van der Waals surface area contributed by atoms with Gasteiger partial charge in [0.05, 0.1) is 5.52 Å². The minimum atomic E-state index is 0.967. The molecule has 0 unspecified atom stereocenters. The fraction of sp³-hybridized carbons (Fsp3) is 0.438. The zero-order valence-corrected chi connectivity index (χ0v) is 12.1. The number of anilines is 1. The lowest BCUT2D eigenvalue weighted by molar-refractivity contribution is 0.316. The zero-order chi connectivity index (χ0) is 13.7. The molecule has 0 aliphatic rings. The van der Waals surface area contributed by atoms with Gasteiger partial charge in [-0.2, -0.15) is 0 Å². The molecule has 0 saturated heterocycles. The molecule has 2 aromatic rings. The van der Waals surface area contributed by atoms with Gasteiger partial charge in [-0.1, -0.05) is 26.0 Å². The van der Waals surface area contributed by atoms with E-state index in [4.69, 9.17) is 0 Å². The van der Waals surface area contributed by atoms with Crippen LogP contribution in [0.4, 0.5) is 5.69 Å². The van der Waals surface area contributed by atoms with Gasteiger partial charge in [0, 0.05) is 30.4 Å². The van der Waals surface area contributed by atoms with Gasteiger partial charge in [0.1, 0.15) is 0 Å². The summed E-state index contributed by atoms with van der Waals surface area (Å²) in [6, 6.07) is 8.47. The number of nitrogens with zero attached hydrogens (tertiary/aromatic N) is 2. The minimum Gasteiger partial charge on any atom is -0.383 e. The Morgan fingerprint density at radius 2 is 1.95 bits per heavy atom. The molecule has 3 nitrogen and oxygen atoms in total. The van der Waals surface area contributed by atoms with Crippen molar-refractivity contribution in [3.8, 4) is 0 Å². The summed E-state index contributed by atoms with van der Waals surface area (Å²) in [5.41, 5.74) is 3.49. The molecule has 1 N–H and O–H groups in total. The fourth-order valence-corrected chi connectivity index (χ4v) is 2.30. The SMILES string of the molecule is CCN(CC)CCNc1ccnc2cc(C)ccc12. The van der Waals surface area contributed by atoms with Gasteiger partial charge in [-0.3, -0.25) is 4.98 Å². The van der Waals surface area contributed by atoms with E-state index in [9.17, 15) is 0 Å². The largest absolute Gasteiger partial charge is 0.383 e. The summed E-state index contributed by atoms with van der Waals surface area (Å²) in [5, 5.41) is 4.73. The fourth-order valence-electron chi connectivity index (χ4n) is 2.30. The van der Waals surface area contributed by atoms with Gasteiger partial charge in [0.25, 0.3) is 0 Å². The first-order valence-electron chi connectivity index (χ1n) is 7.06. The molecule has 0 aliphatic heterocycles. The van der Waals surface area contributed by atoms with Crippen LogP contribution in [0.1, 0.15) is 19.4 Å². The summed E-state index contributed by atoms with van der Waals surface area (Å²) in [5.74, 6) is 0. The van der Waals surface area contributed by atoms with Crippen LogP contribution in [0, 0.1) is 6.92 Å². The van der Waals surface area contributed by atoms with Crippen LogP contribution in [0.15, 0.2) is 30.5 Å². The highest BCUT2D eigenvalue weighted by Gasteiger charge is 2.03. The number of aromatic nitrogens is 1. The molecular formula is C16H23N3. The average Bonchev–Trinajstić information content (AvgIpc) is 2.43. The van der Waals surface area contributed by atoms with Crippen molar-refractivity contribution in [2.75, 3.05) is 31.5 Å². The molecule has 0 fully saturated rings. The van der Waals surface area contributed by atoms with Crippen molar-refractivity contribution in [3.05, 3.63) is 36.0 Å². The van der Waals surface area contributed by atoms with Gasteiger partial charge in [0.15, 0.2) is 0 Å². The van der Waals surface area contributed by atoms with Crippen molar-refractivity contribution in [2.24, 2.45) is 0 Å². The van der Waals surface area contributed by atoms with E-state index in [-0.39, 0.29) is 0 Å². The van der Waals surface area contributed by atoms with E-state index in [1.165, 1.54) is 16.6 Å². The van der Waals surface area contributed by atoms with Crippen molar-refractivity contribution in [2.45, 2.75) is 20.8 Å². The molecule has 3 heteroatoms. The van der Waals surface area contributed by atoms with Crippen LogP contribution in [-0.4, -0.2) is 36.1 Å². The van der Waals surface area contributed by atoms with Gasteiger partial charge in [-0.15, -0.1) is 0 Å². The van der Waals surface area contributed by atoms with Crippen LogP contribution in [-0.2, 0) is 0 Å². The lowest BCUT2D eigenvalue weighted by Crippen LogP contribution is -2.28. The van der Waals surface area contributed by atoms with Crippen LogP contribution in [0.25, 0.3) is 10.9 Å². The molecular weight excluding hydrogens is 234 g/mol. The lowest BCUT2D eigenvalue weighted by atomic mass is 10.1. The molecule has 0 bridgehead atoms. The first kappa shape index (κ1) is 13.8. The molecule has 0 radical (unpaired) electrons. The van der Waals surface area contributed by atoms with Crippen LogP contribution >= 0.6 is 0 Å². The van der Waals surface area contributed by atoms with E-state index in [0.717, 1.165) is 31.7 Å².